The number of nitrogens with zero attached hydrogens (tertiary/aromatic N) is 6. The van der Waals surface area contributed by atoms with E-state index in [0.29, 0.717) is 17.2 Å². The summed E-state index contributed by atoms with van der Waals surface area (Å²) in [6, 6.07) is 0.943. The fraction of sp³-hybridized carbons (Fsp3) is 0.519. The van der Waals surface area contributed by atoms with Crippen molar-refractivity contribution in [3.05, 3.63) is 41.2 Å². The first-order valence-electron chi connectivity index (χ1n) is 12.9. The SMILES string of the molecule is Cc1c(-c2[nH]c3cnc(N4CCN(C5CCC5)C[C@H]4C)c(F)c3c2C(C)C)cn2ncnc2c1C. The second kappa shape index (κ2) is 8.29. The number of hydrogen-bond donors (Lipinski definition) is 1. The molecule has 7 nitrogen and oxygen atoms in total. The summed E-state index contributed by atoms with van der Waals surface area (Å²) in [7, 11) is 0. The van der Waals surface area contributed by atoms with Crippen LogP contribution in [0.25, 0.3) is 27.8 Å². The van der Waals surface area contributed by atoms with Crippen LogP contribution in [0.3, 0.4) is 0 Å². The van der Waals surface area contributed by atoms with Crippen LogP contribution in [0, 0.1) is 19.7 Å². The van der Waals surface area contributed by atoms with Crippen LogP contribution < -0.4 is 4.90 Å². The van der Waals surface area contributed by atoms with E-state index in [1.165, 1.54) is 19.3 Å². The number of rotatable bonds is 4. The number of aryl methyl sites for hydroxylation is 1. The van der Waals surface area contributed by atoms with Crippen molar-refractivity contribution >= 4 is 22.4 Å². The Morgan fingerprint density at radius 1 is 1.11 bits per heavy atom. The van der Waals surface area contributed by atoms with Gasteiger partial charge in [-0.25, -0.2) is 18.9 Å². The summed E-state index contributed by atoms with van der Waals surface area (Å²) in [6.07, 6.45) is 9.31. The molecule has 4 aromatic rings. The van der Waals surface area contributed by atoms with E-state index >= 15 is 4.39 Å². The van der Waals surface area contributed by atoms with Gasteiger partial charge in [0.15, 0.2) is 17.3 Å². The lowest BCUT2D eigenvalue weighted by Crippen LogP contribution is -2.56. The van der Waals surface area contributed by atoms with E-state index in [9.17, 15) is 0 Å². The first-order chi connectivity index (χ1) is 16.8. The number of hydrogen-bond acceptors (Lipinski definition) is 5. The molecule has 2 fully saturated rings. The van der Waals surface area contributed by atoms with Crippen LogP contribution in [0.2, 0.25) is 0 Å². The molecule has 6 rings (SSSR count). The highest BCUT2D eigenvalue weighted by molar-refractivity contribution is 5.94. The Labute approximate surface area is 205 Å². The zero-order chi connectivity index (χ0) is 24.4. The number of piperazine rings is 1. The molecule has 1 saturated heterocycles. The van der Waals surface area contributed by atoms with Gasteiger partial charge in [0.05, 0.1) is 17.4 Å². The molecule has 0 aromatic carbocycles. The fourth-order valence-corrected chi connectivity index (χ4v) is 5.99. The van der Waals surface area contributed by atoms with Crippen LogP contribution in [-0.2, 0) is 0 Å². The predicted octanol–water partition coefficient (Wildman–Crippen LogP) is 5.21. The van der Waals surface area contributed by atoms with Gasteiger partial charge in [0.1, 0.15) is 6.33 Å². The van der Waals surface area contributed by atoms with Gasteiger partial charge in [-0.2, -0.15) is 5.10 Å². The molecule has 0 radical (unpaired) electrons. The van der Waals surface area contributed by atoms with E-state index in [1.807, 2.05) is 12.4 Å². The summed E-state index contributed by atoms with van der Waals surface area (Å²) in [5.74, 6) is 0.390. The van der Waals surface area contributed by atoms with Gasteiger partial charge in [0.2, 0.25) is 0 Å². The molecule has 4 aromatic heterocycles. The normalized spacial score (nSPS) is 19.9. The van der Waals surface area contributed by atoms with Crippen LogP contribution in [0.4, 0.5) is 10.2 Å². The minimum atomic E-state index is -0.214. The first kappa shape index (κ1) is 22.5. The third-order valence-electron chi connectivity index (χ3n) is 8.29. The van der Waals surface area contributed by atoms with Crippen molar-refractivity contribution in [3.8, 4) is 11.3 Å². The molecule has 0 unspecified atom stereocenters. The fourth-order valence-electron chi connectivity index (χ4n) is 5.99. The molecule has 8 heteroatoms. The molecule has 1 N–H and O–H groups in total. The molecule has 0 spiro atoms. The van der Waals surface area contributed by atoms with Gasteiger partial charge in [-0.15, -0.1) is 0 Å². The Bertz CT molecular complexity index is 1410. The molecule has 1 atom stereocenters. The minimum absolute atomic E-state index is 0.127. The van der Waals surface area contributed by atoms with E-state index in [-0.39, 0.29) is 17.8 Å². The molecule has 0 bridgehead atoms. The quantitative estimate of drug-likeness (QED) is 0.439. The van der Waals surface area contributed by atoms with Crippen molar-refractivity contribution in [3.63, 3.8) is 0 Å². The van der Waals surface area contributed by atoms with Crippen molar-refractivity contribution in [2.45, 2.75) is 71.9 Å². The number of aromatic amines is 1. The molecule has 5 heterocycles. The summed E-state index contributed by atoms with van der Waals surface area (Å²) in [6.45, 7) is 13.4. The molecular weight excluding hydrogens is 441 g/mol. The lowest BCUT2D eigenvalue weighted by Gasteiger charge is -2.46. The third-order valence-corrected chi connectivity index (χ3v) is 8.29. The van der Waals surface area contributed by atoms with Crippen molar-refractivity contribution in [2.75, 3.05) is 24.5 Å². The maximum absolute atomic E-state index is 16.3. The lowest BCUT2D eigenvalue weighted by molar-refractivity contribution is 0.106. The average molecular weight is 476 g/mol. The van der Waals surface area contributed by atoms with Crippen LogP contribution in [0.1, 0.15) is 62.6 Å². The minimum Gasteiger partial charge on any atom is -0.353 e. The Hall–Kier alpha value is -3.00. The van der Waals surface area contributed by atoms with Gasteiger partial charge < -0.3 is 9.88 Å². The highest BCUT2D eigenvalue weighted by atomic mass is 19.1. The number of H-pyrrole nitrogens is 1. The Morgan fingerprint density at radius 2 is 1.91 bits per heavy atom. The average Bonchev–Trinajstić information content (AvgIpc) is 3.41. The maximum atomic E-state index is 16.3. The molecule has 1 aliphatic heterocycles. The van der Waals surface area contributed by atoms with Gasteiger partial charge in [-0.3, -0.25) is 4.90 Å². The van der Waals surface area contributed by atoms with E-state index in [0.717, 1.165) is 58.7 Å². The summed E-state index contributed by atoms with van der Waals surface area (Å²) in [5.41, 5.74) is 6.72. The zero-order valence-corrected chi connectivity index (χ0v) is 21.3. The second-order valence-electron chi connectivity index (χ2n) is 10.7. The van der Waals surface area contributed by atoms with E-state index < -0.39 is 0 Å². The highest BCUT2D eigenvalue weighted by Crippen LogP contribution is 2.41. The number of halogens is 1. The van der Waals surface area contributed by atoms with Crippen molar-refractivity contribution in [2.24, 2.45) is 0 Å². The van der Waals surface area contributed by atoms with Gasteiger partial charge in [0, 0.05) is 48.9 Å². The topological polar surface area (TPSA) is 65.4 Å². The smallest absolute Gasteiger partial charge is 0.175 e. The van der Waals surface area contributed by atoms with Crippen LogP contribution >= 0.6 is 0 Å². The third kappa shape index (κ3) is 3.44. The van der Waals surface area contributed by atoms with Crippen LogP contribution in [0.15, 0.2) is 18.7 Å². The van der Waals surface area contributed by atoms with Gasteiger partial charge in [-0.05, 0) is 56.2 Å². The largest absolute Gasteiger partial charge is 0.353 e. The van der Waals surface area contributed by atoms with Crippen LogP contribution in [0.5, 0.6) is 0 Å². The summed E-state index contributed by atoms with van der Waals surface area (Å²) in [5, 5.41) is 5.02. The Morgan fingerprint density at radius 3 is 2.60 bits per heavy atom. The van der Waals surface area contributed by atoms with Gasteiger partial charge in [0.25, 0.3) is 0 Å². The molecule has 1 aliphatic carbocycles. The van der Waals surface area contributed by atoms with Crippen molar-refractivity contribution in [1.82, 2.24) is 29.5 Å². The number of aromatic nitrogens is 5. The second-order valence-corrected chi connectivity index (χ2v) is 10.7. The maximum Gasteiger partial charge on any atom is 0.175 e. The van der Waals surface area contributed by atoms with Gasteiger partial charge in [-0.1, -0.05) is 20.3 Å². The standard InChI is InChI=1S/C27H34FN7/c1-15(2)22-23-21(32-25(22)20-13-35-26(30-14-31-35)18(5)17(20)4)11-29-27(24(23)28)34-10-9-33(12-16(34)3)19-7-6-8-19/h11,13-16,19,32H,6-10,12H2,1-5H3/t16-/m1/s1. The molecule has 35 heavy (non-hydrogen) atoms. The number of anilines is 1. The van der Waals surface area contributed by atoms with E-state index in [2.05, 4.69) is 64.5 Å². The zero-order valence-electron chi connectivity index (χ0n) is 21.3. The van der Waals surface area contributed by atoms with Gasteiger partial charge >= 0.3 is 0 Å². The summed E-state index contributed by atoms with van der Waals surface area (Å²) >= 11 is 0. The summed E-state index contributed by atoms with van der Waals surface area (Å²) in [4.78, 5) is 17.3. The van der Waals surface area contributed by atoms with Crippen molar-refractivity contribution in [1.29, 1.82) is 0 Å². The molecular formula is C27H34FN7. The number of pyridine rings is 2. The number of nitrogens with one attached hydrogen (secondary N) is 1. The van der Waals surface area contributed by atoms with E-state index in [4.69, 9.17) is 0 Å². The molecule has 0 amide bonds. The Kier molecular flexibility index (Phi) is 5.32. The highest BCUT2D eigenvalue weighted by Gasteiger charge is 2.34. The monoisotopic (exact) mass is 475 g/mol. The first-order valence-corrected chi connectivity index (χ1v) is 12.9. The van der Waals surface area contributed by atoms with Crippen LogP contribution in [-0.4, -0.2) is 61.2 Å². The molecule has 1 saturated carbocycles. The Balaban J connectivity index is 1.46. The molecule has 2 aliphatic rings. The predicted molar refractivity (Wildman–Crippen MR) is 138 cm³/mol. The van der Waals surface area contributed by atoms with Crippen molar-refractivity contribution < 1.29 is 4.39 Å². The number of fused-ring (bicyclic) bond motifs is 2. The molecule has 184 valence electrons. The lowest BCUT2D eigenvalue weighted by atomic mass is 9.90. The van der Waals surface area contributed by atoms with E-state index in [1.54, 1.807) is 10.8 Å². The summed E-state index contributed by atoms with van der Waals surface area (Å²) < 4.78 is 18.1.